The zero-order valence-corrected chi connectivity index (χ0v) is 10.2. The van der Waals surface area contributed by atoms with Gasteiger partial charge in [-0.25, -0.2) is 4.98 Å². The van der Waals surface area contributed by atoms with Gasteiger partial charge in [0.05, 0.1) is 5.69 Å². The monoisotopic (exact) mass is 234 g/mol. The molecule has 0 unspecified atom stereocenters. The molecule has 0 amide bonds. The standard InChI is InChI=1S/C12H14N2OS/c1-8-9(2)15-12(14-8)16-7-10-4-3-5-11(13)6-10/h3-6H,7,13H2,1-2H3. The molecule has 1 aromatic carbocycles. The van der Waals surface area contributed by atoms with Gasteiger partial charge in [0, 0.05) is 11.4 Å². The highest BCUT2D eigenvalue weighted by Gasteiger charge is 2.06. The third kappa shape index (κ3) is 2.58. The predicted octanol–water partition coefficient (Wildman–Crippen LogP) is 3.17. The Bertz CT molecular complexity index is 474. The number of benzene rings is 1. The van der Waals surface area contributed by atoms with Gasteiger partial charge in [0.2, 0.25) is 0 Å². The highest BCUT2D eigenvalue weighted by Crippen LogP contribution is 2.24. The Morgan fingerprint density at radius 2 is 2.19 bits per heavy atom. The van der Waals surface area contributed by atoms with E-state index in [0.717, 1.165) is 28.1 Å². The van der Waals surface area contributed by atoms with Crippen LogP contribution in [0.25, 0.3) is 0 Å². The number of nitrogens with zero attached hydrogens (tertiary/aromatic N) is 1. The zero-order chi connectivity index (χ0) is 11.5. The molecule has 0 aliphatic carbocycles. The summed E-state index contributed by atoms with van der Waals surface area (Å²) >= 11 is 1.58. The van der Waals surface area contributed by atoms with Gasteiger partial charge in [0.1, 0.15) is 5.76 Å². The molecule has 0 fully saturated rings. The van der Waals surface area contributed by atoms with E-state index in [1.165, 1.54) is 5.56 Å². The minimum Gasteiger partial charge on any atom is -0.437 e. The van der Waals surface area contributed by atoms with Gasteiger partial charge in [-0.2, -0.15) is 0 Å². The molecule has 0 saturated heterocycles. The number of thioether (sulfide) groups is 1. The van der Waals surface area contributed by atoms with Crippen LogP contribution >= 0.6 is 11.8 Å². The first-order valence-electron chi connectivity index (χ1n) is 5.06. The van der Waals surface area contributed by atoms with Crippen LogP contribution in [0.15, 0.2) is 33.9 Å². The van der Waals surface area contributed by atoms with Crippen LogP contribution in [0.1, 0.15) is 17.0 Å². The Balaban J connectivity index is 2.02. The lowest BCUT2D eigenvalue weighted by atomic mass is 10.2. The average molecular weight is 234 g/mol. The maximum atomic E-state index is 5.71. The number of aromatic nitrogens is 1. The van der Waals surface area contributed by atoms with Crippen LogP contribution in [0.3, 0.4) is 0 Å². The molecule has 2 N–H and O–H groups in total. The smallest absolute Gasteiger partial charge is 0.256 e. The fourth-order valence-electron chi connectivity index (χ4n) is 1.33. The zero-order valence-electron chi connectivity index (χ0n) is 9.36. The minimum atomic E-state index is 0.720. The Kier molecular flexibility index (Phi) is 3.19. The van der Waals surface area contributed by atoms with Crippen molar-refractivity contribution in [2.75, 3.05) is 5.73 Å². The SMILES string of the molecule is Cc1nc(SCc2cccc(N)c2)oc1C. The van der Waals surface area contributed by atoms with Gasteiger partial charge in [-0.15, -0.1) is 0 Å². The van der Waals surface area contributed by atoms with Crippen LogP contribution in [-0.2, 0) is 5.75 Å². The van der Waals surface area contributed by atoms with Crippen molar-refractivity contribution in [3.05, 3.63) is 41.3 Å². The van der Waals surface area contributed by atoms with Crippen molar-refractivity contribution in [2.45, 2.75) is 24.8 Å². The first-order valence-corrected chi connectivity index (χ1v) is 6.05. The number of aryl methyl sites for hydroxylation is 2. The van der Waals surface area contributed by atoms with E-state index in [-0.39, 0.29) is 0 Å². The maximum Gasteiger partial charge on any atom is 0.256 e. The van der Waals surface area contributed by atoms with E-state index in [1.807, 2.05) is 38.1 Å². The summed E-state index contributed by atoms with van der Waals surface area (Å²) in [6, 6.07) is 7.85. The van der Waals surface area contributed by atoms with Gasteiger partial charge in [-0.1, -0.05) is 23.9 Å². The summed E-state index contributed by atoms with van der Waals surface area (Å²) in [6.07, 6.45) is 0. The second kappa shape index (κ2) is 4.61. The molecule has 0 aliphatic rings. The van der Waals surface area contributed by atoms with Crippen molar-refractivity contribution in [3.8, 4) is 0 Å². The van der Waals surface area contributed by atoms with Crippen LogP contribution in [0.5, 0.6) is 0 Å². The van der Waals surface area contributed by atoms with Gasteiger partial charge in [0.25, 0.3) is 5.22 Å². The molecule has 3 nitrogen and oxygen atoms in total. The number of nitrogen functional groups attached to an aromatic ring is 1. The molecule has 1 heterocycles. The first kappa shape index (κ1) is 11.1. The topological polar surface area (TPSA) is 52.0 Å². The van der Waals surface area contributed by atoms with E-state index in [1.54, 1.807) is 11.8 Å². The van der Waals surface area contributed by atoms with Crippen molar-refractivity contribution in [1.29, 1.82) is 0 Å². The van der Waals surface area contributed by atoms with Gasteiger partial charge >= 0.3 is 0 Å². The molecule has 4 heteroatoms. The largest absolute Gasteiger partial charge is 0.437 e. The molecule has 0 aliphatic heterocycles. The molecule has 0 atom stereocenters. The van der Waals surface area contributed by atoms with E-state index in [4.69, 9.17) is 10.2 Å². The number of rotatable bonds is 3. The van der Waals surface area contributed by atoms with Crippen LogP contribution < -0.4 is 5.73 Å². The third-order valence-corrected chi connectivity index (χ3v) is 3.22. The van der Waals surface area contributed by atoms with E-state index in [0.29, 0.717) is 0 Å². The molecule has 2 aromatic rings. The van der Waals surface area contributed by atoms with E-state index in [2.05, 4.69) is 4.98 Å². The minimum absolute atomic E-state index is 0.720. The summed E-state index contributed by atoms with van der Waals surface area (Å²) in [5.41, 5.74) is 8.63. The fraction of sp³-hybridized carbons (Fsp3) is 0.250. The second-order valence-corrected chi connectivity index (χ2v) is 4.58. The van der Waals surface area contributed by atoms with Gasteiger partial charge in [0.15, 0.2) is 0 Å². The fourth-order valence-corrected chi connectivity index (χ4v) is 2.19. The summed E-state index contributed by atoms with van der Waals surface area (Å²) in [4.78, 5) is 4.31. The van der Waals surface area contributed by atoms with Gasteiger partial charge < -0.3 is 10.2 Å². The number of nitrogens with two attached hydrogens (primary N) is 1. The predicted molar refractivity (Wildman–Crippen MR) is 66.4 cm³/mol. The Morgan fingerprint density at radius 1 is 1.38 bits per heavy atom. The number of hydrogen-bond acceptors (Lipinski definition) is 4. The van der Waals surface area contributed by atoms with Crippen LogP contribution in [0.4, 0.5) is 5.69 Å². The number of anilines is 1. The molecule has 2 rings (SSSR count). The summed E-state index contributed by atoms with van der Waals surface area (Å²) in [6.45, 7) is 3.87. The van der Waals surface area contributed by atoms with Crippen LogP contribution in [0.2, 0.25) is 0 Å². The molecule has 0 saturated carbocycles. The molecule has 1 aromatic heterocycles. The van der Waals surface area contributed by atoms with E-state index < -0.39 is 0 Å². The van der Waals surface area contributed by atoms with Gasteiger partial charge in [-0.3, -0.25) is 0 Å². The molecular formula is C12H14N2OS. The summed E-state index contributed by atoms with van der Waals surface area (Å²) in [7, 11) is 0. The summed E-state index contributed by atoms with van der Waals surface area (Å²) in [5, 5.41) is 0.720. The van der Waals surface area contributed by atoms with E-state index in [9.17, 15) is 0 Å². The molecular weight excluding hydrogens is 220 g/mol. The lowest BCUT2D eigenvalue weighted by molar-refractivity contribution is 0.431. The van der Waals surface area contributed by atoms with Crippen molar-refractivity contribution in [2.24, 2.45) is 0 Å². The molecule has 0 radical (unpaired) electrons. The van der Waals surface area contributed by atoms with Crippen molar-refractivity contribution in [1.82, 2.24) is 4.98 Å². The maximum absolute atomic E-state index is 5.71. The summed E-state index contributed by atoms with van der Waals surface area (Å²) < 4.78 is 5.49. The molecule has 0 spiro atoms. The Hall–Kier alpha value is -1.42. The van der Waals surface area contributed by atoms with E-state index >= 15 is 0 Å². The highest BCUT2D eigenvalue weighted by atomic mass is 32.2. The average Bonchev–Trinajstić information content (AvgIpc) is 2.56. The normalized spacial score (nSPS) is 10.6. The van der Waals surface area contributed by atoms with Crippen molar-refractivity contribution in [3.63, 3.8) is 0 Å². The first-order chi connectivity index (χ1) is 7.65. The summed E-state index contributed by atoms with van der Waals surface area (Å²) in [5.74, 6) is 1.71. The van der Waals surface area contributed by atoms with Crippen LogP contribution in [0, 0.1) is 13.8 Å². The van der Waals surface area contributed by atoms with Crippen molar-refractivity contribution >= 4 is 17.4 Å². The third-order valence-electron chi connectivity index (χ3n) is 2.32. The van der Waals surface area contributed by atoms with Gasteiger partial charge in [-0.05, 0) is 31.5 Å². The number of hydrogen-bond donors (Lipinski definition) is 1. The second-order valence-electron chi connectivity index (χ2n) is 3.66. The van der Waals surface area contributed by atoms with Crippen LogP contribution in [-0.4, -0.2) is 4.98 Å². The lowest BCUT2D eigenvalue weighted by Crippen LogP contribution is -1.86. The highest BCUT2D eigenvalue weighted by molar-refractivity contribution is 7.98. The van der Waals surface area contributed by atoms with Crippen molar-refractivity contribution < 1.29 is 4.42 Å². The lowest BCUT2D eigenvalue weighted by Gasteiger charge is -1.99. The molecule has 0 bridgehead atoms. The Labute approximate surface area is 99.1 Å². The quantitative estimate of drug-likeness (QED) is 0.654. The Morgan fingerprint density at radius 3 is 2.81 bits per heavy atom. The molecule has 84 valence electrons. The molecule has 16 heavy (non-hydrogen) atoms. The number of oxazole rings is 1.